The van der Waals surface area contributed by atoms with Crippen LogP contribution in [0.5, 0.6) is 0 Å². The highest BCUT2D eigenvalue weighted by Crippen LogP contribution is 2.07. The van der Waals surface area contributed by atoms with Crippen molar-refractivity contribution in [2.45, 2.75) is 39.8 Å². The molecule has 0 bridgehead atoms. The highest BCUT2D eigenvalue weighted by Gasteiger charge is 2.18. The van der Waals surface area contributed by atoms with E-state index in [9.17, 15) is 4.79 Å². The second kappa shape index (κ2) is 6.35. The molecule has 0 saturated carbocycles. The predicted octanol–water partition coefficient (Wildman–Crippen LogP) is 1.38. The molecule has 1 aromatic heterocycles. The van der Waals surface area contributed by atoms with Gasteiger partial charge in [-0.15, -0.1) is 0 Å². The molecule has 4 heteroatoms. The molecule has 0 aliphatic carbocycles. The number of carbonyl (C=O) groups is 1. The topological polar surface area (TPSA) is 68.0 Å². The number of amides is 1. The van der Waals surface area contributed by atoms with E-state index in [4.69, 9.17) is 5.73 Å². The summed E-state index contributed by atoms with van der Waals surface area (Å²) in [5.74, 6) is 0.115. The fourth-order valence-electron chi connectivity index (χ4n) is 1.51. The highest BCUT2D eigenvalue weighted by atomic mass is 16.2. The Hall–Kier alpha value is -1.42. The third-order valence-corrected chi connectivity index (χ3v) is 3.15. The summed E-state index contributed by atoms with van der Waals surface area (Å²) in [6.45, 7) is 6.51. The molecule has 0 spiro atoms. The van der Waals surface area contributed by atoms with Gasteiger partial charge in [0.2, 0.25) is 5.91 Å². The number of nitrogens with two attached hydrogens (primary N) is 1. The van der Waals surface area contributed by atoms with Gasteiger partial charge in [-0.1, -0.05) is 20.3 Å². The molecule has 0 radical (unpaired) electrons. The second-order valence-corrected chi connectivity index (χ2v) is 4.43. The molecule has 0 aliphatic rings. The lowest BCUT2D eigenvalue weighted by atomic mass is 9.99. The summed E-state index contributed by atoms with van der Waals surface area (Å²) in [6.07, 6.45) is 4.42. The number of nitrogens with zero attached hydrogens (tertiary/aromatic N) is 1. The van der Waals surface area contributed by atoms with E-state index in [-0.39, 0.29) is 11.8 Å². The number of hydrogen-bond acceptors (Lipinski definition) is 3. The number of aromatic nitrogens is 1. The molecule has 0 aliphatic heterocycles. The van der Waals surface area contributed by atoms with Crippen molar-refractivity contribution >= 4 is 5.91 Å². The molecule has 17 heavy (non-hydrogen) atoms. The summed E-state index contributed by atoms with van der Waals surface area (Å²) in [6, 6.07) is 1.48. The van der Waals surface area contributed by atoms with Crippen molar-refractivity contribution in [2.24, 2.45) is 11.7 Å². The van der Waals surface area contributed by atoms with E-state index in [1.54, 1.807) is 12.4 Å². The molecule has 2 atom stereocenters. The maximum absolute atomic E-state index is 11.8. The van der Waals surface area contributed by atoms with Gasteiger partial charge in [0.25, 0.3) is 0 Å². The van der Waals surface area contributed by atoms with Gasteiger partial charge in [0, 0.05) is 18.9 Å². The number of rotatable bonds is 5. The number of nitrogens with one attached hydrogen (secondary N) is 1. The highest BCUT2D eigenvalue weighted by molar-refractivity contribution is 5.81. The lowest BCUT2D eigenvalue weighted by Crippen LogP contribution is -2.44. The van der Waals surface area contributed by atoms with Gasteiger partial charge in [0.1, 0.15) is 0 Å². The lowest BCUT2D eigenvalue weighted by Gasteiger charge is -2.18. The minimum atomic E-state index is -0.429. The van der Waals surface area contributed by atoms with Gasteiger partial charge < -0.3 is 11.1 Å². The first-order chi connectivity index (χ1) is 8.06. The molecule has 0 fully saturated rings. The van der Waals surface area contributed by atoms with Crippen molar-refractivity contribution in [3.8, 4) is 0 Å². The van der Waals surface area contributed by atoms with E-state index in [2.05, 4.69) is 10.3 Å². The normalized spacial score (nSPS) is 14.1. The Labute approximate surface area is 103 Å². The summed E-state index contributed by atoms with van der Waals surface area (Å²) in [5, 5.41) is 2.86. The summed E-state index contributed by atoms with van der Waals surface area (Å²) in [5.41, 5.74) is 8.00. The zero-order chi connectivity index (χ0) is 12.8. The molecular weight excluding hydrogens is 214 g/mol. The Balaban J connectivity index is 2.51. The average Bonchev–Trinajstić information content (AvgIpc) is 2.35. The van der Waals surface area contributed by atoms with Gasteiger partial charge in [-0.3, -0.25) is 9.78 Å². The van der Waals surface area contributed by atoms with Crippen molar-refractivity contribution in [1.82, 2.24) is 10.3 Å². The van der Waals surface area contributed by atoms with Gasteiger partial charge >= 0.3 is 0 Å². The van der Waals surface area contributed by atoms with Gasteiger partial charge in [0.05, 0.1) is 6.04 Å². The fraction of sp³-hybridized carbons (Fsp3) is 0.538. The Morgan fingerprint density at radius 1 is 1.59 bits per heavy atom. The zero-order valence-electron chi connectivity index (χ0n) is 10.7. The van der Waals surface area contributed by atoms with E-state index in [0.717, 1.165) is 17.5 Å². The van der Waals surface area contributed by atoms with Crippen LogP contribution in [0.15, 0.2) is 18.5 Å². The Morgan fingerprint density at radius 3 is 2.88 bits per heavy atom. The van der Waals surface area contributed by atoms with Crippen LogP contribution in [0.2, 0.25) is 0 Å². The van der Waals surface area contributed by atoms with Crippen LogP contribution < -0.4 is 11.1 Å². The van der Waals surface area contributed by atoms with Crippen LogP contribution in [-0.2, 0) is 11.3 Å². The molecule has 1 heterocycles. The summed E-state index contributed by atoms with van der Waals surface area (Å²) in [4.78, 5) is 15.8. The van der Waals surface area contributed by atoms with Crippen molar-refractivity contribution < 1.29 is 4.79 Å². The third kappa shape index (κ3) is 3.82. The van der Waals surface area contributed by atoms with Crippen LogP contribution in [0.4, 0.5) is 0 Å². The third-order valence-electron chi connectivity index (χ3n) is 3.15. The monoisotopic (exact) mass is 235 g/mol. The number of aryl methyl sites for hydroxylation is 1. The Bertz CT molecular complexity index is 379. The van der Waals surface area contributed by atoms with Crippen molar-refractivity contribution in [3.05, 3.63) is 29.6 Å². The van der Waals surface area contributed by atoms with Gasteiger partial charge in [-0.2, -0.15) is 0 Å². The lowest BCUT2D eigenvalue weighted by molar-refractivity contribution is -0.123. The smallest absolute Gasteiger partial charge is 0.237 e. The maximum Gasteiger partial charge on any atom is 0.237 e. The van der Waals surface area contributed by atoms with Crippen LogP contribution >= 0.6 is 0 Å². The standard InChI is InChI=1S/C13H21N3O/c1-4-9(2)12(14)13(17)16-8-11-5-6-15-7-10(11)3/h5-7,9,12H,4,8,14H2,1-3H3,(H,16,17). The fourth-order valence-corrected chi connectivity index (χ4v) is 1.51. The SMILES string of the molecule is CCC(C)C(N)C(=O)NCc1ccncc1C. The van der Waals surface area contributed by atoms with Crippen LogP contribution in [0.25, 0.3) is 0 Å². The largest absolute Gasteiger partial charge is 0.351 e. The van der Waals surface area contributed by atoms with Gasteiger partial charge in [-0.05, 0) is 30.0 Å². The predicted molar refractivity (Wildman–Crippen MR) is 68.3 cm³/mol. The van der Waals surface area contributed by atoms with E-state index >= 15 is 0 Å². The van der Waals surface area contributed by atoms with Gasteiger partial charge in [0.15, 0.2) is 0 Å². The van der Waals surface area contributed by atoms with E-state index in [1.165, 1.54) is 0 Å². The van der Waals surface area contributed by atoms with E-state index in [1.807, 2.05) is 26.8 Å². The minimum Gasteiger partial charge on any atom is -0.351 e. The summed E-state index contributed by atoms with van der Waals surface area (Å²) < 4.78 is 0. The van der Waals surface area contributed by atoms with Crippen molar-refractivity contribution in [1.29, 1.82) is 0 Å². The first kappa shape index (κ1) is 13.6. The first-order valence-corrected chi connectivity index (χ1v) is 5.99. The molecule has 0 aromatic carbocycles. The van der Waals surface area contributed by atoms with Gasteiger partial charge in [-0.25, -0.2) is 0 Å². The van der Waals surface area contributed by atoms with Crippen LogP contribution in [0.3, 0.4) is 0 Å². The molecule has 3 N–H and O–H groups in total. The maximum atomic E-state index is 11.8. The Kier molecular flexibility index (Phi) is 5.10. The molecular formula is C13H21N3O. The van der Waals surface area contributed by atoms with Crippen LogP contribution in [-0.4, -0.2) is 16.9 Å². The quantitative estimate of drug-likeness (QED) is 0.810. The molecule has 2 unspecified atom stereocenters. The molecule has 1 amide bonds. The Morgan fingerprint density at radius 2 is 2.29 bits per heavy atom. The average molecular weight is 235 g/mol. The molecule has 1 rings (SSSR count). The van der Waals surface area contributed by atoms with Crippen molar-refractivity contribution in [3.63, 3.8) is 0 Å². The number of carbonyl (C=O) groups excluding carboxylic acids is 1. The molecule has 0 saturated heterocycles. The molecule has 4 nitrogen and oxygen atoms in total. The van der Waals surface area contributed by atoms with Crippen molar-refractivity contribution in [2.75, 3.05) is 0 Å². The minimum absolute atomic E-state index is 0.0874. The summed E-state index contributed by atoms with van der Waals surface area (Å²) in [7, 11) is 0. The number of pyridine rings is 1. The van der Waals surface area contributed by atoms with Crippen LogP contribution in [0.1, 0.15) is 31.4 Å². The van der Waals surface area contributed by atoms with Crippen LogP contribution in [0, 0.1) is 12.8 Å². The summed E-state index contributed by atoms with van der Waals surface area (Å²) >= 11 is 0. The van der Waals surface area contributed by atoms with E-state index < -0.39 is 6.04 Å². The molecule has 1 aromatic rings. The zero-order valence-corrected chi connectivity index (χ0v) is 10.7. The molecule has 94 valence electrons. The second-order valence-electron chi connectivity index (χ2n) is 4.43. The van der Waals surface area contributed by atoms with E-state index in [0.29, 0.717) is 6.54 Å². The number of hydrogen-bond donors (Lipinski definition) is 2. The first-order valence-electron chi connectivity index (χ1n) is 5.99.